The summed E-state index contributed by atoms with van der Waals surface area (Å²) in [6, 6.07) is 0.530. The minimum absolute atomic E-state index is 0.230. The van der Waals surface area contributed by atoms with Crippen LogP contribution < -0.4 is 5.32 Å². The summed E-state index contributed by atoms with van der Waals surface area (Å²) in [6.45, 7) is 3.63. The van der Waals surface area contributed by atoms with Crippen LogP contribution in [0, 0.1) is 5.92 Å². The summed E-state index contributed by atoms with van der Waals surface area (Å²) in [5.41, 5.74) is 0. The maximum atomic E-state index is 11.6. The molecule has 15 heavy (non-hydrogen) atoms. The van der Waals surface area contributed by atoms with Crippen molar-refractivity contribution in [1.29, 1.82) is 0 Å². The van der Waals surface area contributed by atoms with Crippen molar-refractivity contribution in [2.45, 2.75) is 25.8 Å². The third-order valence-corrected chi connectivity index (χ3v) is 3.61. The van der Waals surface area contributed by atoms with Crippen LogP contribution in [0.5, 0.6) is 0 Å². The molecule has 0 spiro atoms. The van der Waals surface area contributed by atoms with Gasteiger partial charge in [-0.1, -0.05) is 6.92 Å². The van der Waals surface area contributed by atoms with E-state index in [1.165, 1.54) is 12.8 Å². The molecule has 1 rings (SSSR count). The zero-order valence-corrected chi connectivity index (χ0v) is 10.8. The average Bonchev–Trinajstić information content (AvgIpc) is 3.00. The van der Waals surface area contributed by atoms with Gasteiger partial charge in [-0.3, -0.25) is 4.79 Å². The summed E-state index contributed by atoms with van der Waals surface area (Å²) in [7, 11) is 1.91. The SMILES string of the molecule is CSCC(C)CNCC(=O)N(C)C1CC1. The topological polar surface area (TPSA) is 32.3 Å². The molecule has 1 aliphatic carbocycles. The van der Waals surface area contributed by atoms with Crippen molar-refractivity contribution in [1.82, 2.24) is 10.2 Å². The summed E-state index contributed by atoms with van der Waals surface area (Å²) >= 11 is 1.85. The molecule has 0 heterocycles. The first-order valence-electron chi connectivity index (χ1n) is 5.60. The Morgan fingerprint density at radius 3 is 2.80 bits per heavy atom. The number of hydrogen-bond acceptors (Lipinski definition) is 3. The van der Waals surface area contributed by atoms with Gasteiger partial charge in [-0.25, -0.2) is 0 Å². The molecule has 0 radical (unpaired) electrons. The van der Waals surface area contributed by atoms with E-state index in [0.717, 1.165) is 12.3 Å². The van der Waals surface area contributed by atoms with Crippen LogP contribution in [0.25, 0.3) is 0 Å². The van der Waals surface area contributed by atoms with Gasteiger partial charge in [0.05, 0.1) is 6.54 Å². The van der Waals surface area contributed by atoms with Crippen LogP contribution in [-0.2, 0) is 4.79 Å². The second-order valence-electron chi connectivity index (χ2n) is 4.43. The summed E-state index contributed by atoms with van der Waals surface area (Å²) in [6.07, 6.45) is 4.48. The molecule has 1 aliphatic rings. The molecule has 0 bridgehead atoms. The highest BCUT2D eigenvalue weighted by molar-refractivity contribution is 7.98. The zero-order valence-electron chi connectivity index (χ0n) is 9.95. The van der Waals surface area contributed by atoms with Gasteiger partial charge in [-0.05, 0) is 37.3 Å². The molecule has 1 atom stereocenters. The Kier molecular flexibility index (Phi) is 5.47. The van der Waals surface area contributed by atoms with Crippen molar-refractivity contribution in [2.24, 2.45) is 5.92 Å². The Balaban J connectivity index is 2.05. The van der Waals surface area contributed by atoms with Gasteiger partial charge in [0.15, 0.2) is 0 Å². The molecule has 0 aromatic carbocycles. The normalized spacial score (nSPS) is 17.5. The van der Waals surface area contributed by atoms with E-state index in [-0.39, 0.29) is 5.91 Å². The summed E-state index contributed by atoms with van der Waals surface area (Å²) < 4.78 is 0. The maximum absolute atomic E-state index is 11.6. The number of likely N-dealkylation sites (N-methyl/N-ethyl adjacent to an activating group) is 1. The van der Waals surface area contributed by atoms with Crippen LogP contribution >= 0.6 is 11.8 Å². The number of carbonyl (C=O) groups excluding carboxylic acids is 1. The van der Waals surface area contributed by atoms with E-state index in [1.54, 1.807) is 0 Å². The molecular formula is C11H22N2OS. The molecule has 88 valence electrons. The Morgan fingerprint density at radius 2 is 2.27 bits per heavy atom. The first kappa shape index (κ1) is 12.8. The Labute approximate surface area is 97.0 Å². The van der Waals surface area contributed by atoms with E-state index < -0.39 is 0 Å². The average molecular weight is 230 g/mol. The first-order valence-corrected chi connectivity index (χ1v) is 6.99. The number of carbonyl (C=O) groups is 1. The molecule has 1 amide bonds. The van der Waals surface area contributed by atoms with Crippen molar-refractivity contribution >= 4 is 17.7 Å². The van der Waals surface area contributed by atoms with Crippen molar-refractivity contribution in [3.63, 3.8) is 0 Å². The fourth-order valence-electron chi connectivity index (χ4n) is 1.56. The molecule has 3 nitrogen and oxygen atoms in total. The highest BCUT2D eigenvalue weighted by Gasteiger charge is 2.28. The van der Waals surface area contributed by atoms with E-state index in [0.29, 0.717) is 18.5 Å². The molecule has 4 heteroatoms. The monoisotopic (exact) mass is 230 g/mol. The molecule has 1 unspecified atom stereocenters. The summed E-state index contributed by atoms with van der Waals surface area (Å²) in [4.78, 5) is 13.5. The number of thioether (sulfide) groups is 1. The van der Waals surface area contributed by atoms with Crippen LogP contribution in [0.1, 0.15) is 19.8 Å². The van der Waals surface area contributed by atoms with Crippen molar-refractivity contribution in [3.05, 3.63) is 0 Å². The number of rotatable bonds is 7. The van der Waals surface area contributed by atoms with Gasteiger partial charge in [0.25, 0.3) is 0 Å². The molecule has 0 aromatic rings. The predicted octanol–water partition coefficient (Wildman–Crippen LogP) is 1.20. The van der Waals surface area contributed by atoms with E-state index in [9.17, 15) is 4.79 Å². The molecular weight excluding hydrogens is 208 g/mol. The number of nitrogens with one attached hydrogen (secondary N) is 1. The number of nitrogens with zero attached hydrogens (tertiary/aromatic N) is 1. The highest BCUT2D eigenvalue weighted by Crippen LogP contribution is 2.24. The Bertz CT molecular complexity index is 207. The smallest absolute Gasteiger partial charge is 0.236 e. The molecule has 0 aliphatic heterocycles. The van der Waals surface area contributed by atoms with Crippen LogP contribution in [0.2, 0.25) is 0 Å². The largest absolute Gasteiger partial charge is 0.342 e. The van der Waals surface area contributed by atoms with E-state index in [4.69, 9.17) is 0 Å². The van der Waals surface area contributed by atoms with Crippen LogP contribution in [0.4, 0.5) is 0 Å². The van der Waals surface area contributed by atoms with Gasteiger partial charge in [0.2, 0.25) is 5.91 Å². The van der Waals surface area contributed by atoms with Gasteiger partial charge in [-0.2, -0.15) is 11.8 Å². The molecule has 1 N–H and O–H groups in total. The fourth-order valence-corrected chi connectivity index (χ4v) is 2.25. The van der Waals surface area contributed by atoms with Crippen molar-refractivity contribution in [3.8, 4) is 0 Å². The van der Waals surface area contributed by atoms with Crippen LogP contribution in [-0.4, -0.2) is 49.0 Å². The van der Waals surface area contributed by atoms with Gasteiger partial charge in [-0.15, -0.1) is 0 Å². The Hall–Kier alpha value is -0.220. The van der Waals surface area contributed by atoms with Gasteiger partial charge in [0, 0.05) is 13.1 Å². The summed E-state index contributed by atoms with van der Waals surface area (Å²) in [5.74, 6) is 2.02. The second-order valence-corrected chi connectivity index (χ2v) is 5.34. The van der Waals surface area contributed by atoms with E-state index in [1.807, 2.05) is 23.7 Å². The zero-order chi connectivity index (χ0) is 11.3. The molecule has 0 saturated heterocycles. The Morgan fingerprint density at radius 1 is 1.60 bits per heavy atom. The van der Waals surface area contributed by atoms with E-state index >= 15 is 0 Å². The molecule has 1 fully saturated rings. The van der Waals surface area contributed by atoms with Crippen molar-refractivity contribution < 1.29 is 4.79 Å². The third-order valence-electron chi connectivity index (χ3n) is 2.71. The van der Waals surface area contributed by atoms with Gasteiger partial charge in [0.1, 0.15) is 0 Å². The lowest BCUT2D eigenvalue weighted by molar-refractivity contribution is -0.129. The lowest BCUT2D eigenvalue weighted by Crippen LogP contribution is -2.38. The maximum Gasteiger partial charge on any atom is 0.236 e. The quantitative estimate of drug-likeness (QED) is 0.713. The standard InChI is InChI=1S/C11H22N2OS/c1-9(8-15-3)6-12-7-11(14)13(2)10-4-5-10/h9-10,12H,4-8H2,1-3H3. The predicted molar refractivity (Wildman–Crippen MR) is 66.2 cm³/mol. The number of hydrogen-bond donors (Lipinski definition) is 1. The molecule has 0 aromatic heterocycles. The van der Waals surface area contributed by atoms with Gasteiger partial charge >= 0.3 is 0 Å². The van der Waals surface area contributed by atoms with Crippen molar-refractivity contribution in [2.75, 3.05) is 32.1 Å². The second kappa shape index (κ2) is 6.38. The minimum Gasteiger partial charge on any atom is -0.342 e. The van der Waals surface area contributed by atoms with Crippen LogP contribution in [0.15, 0.2) is 0 Å². The minimum atomic E-state index is 0.230. The number of amides is 1. The van der Waals surface area contributed by atoms with E-state index in [2.05, 4.69) is 18.5 Å². The first-order chi connectivity index (χ1) is 7.15. The third kappa shape index (κ3) is 4.89. The lowest BCUT2D eigenvalue weighted by Gasteiger charge is -2.17. The summed E-state index contributed by atoms with van der Waals surface area (Å²) in [5, 5.41) is 3.23. The molecule has 1 saturated carbocycles. The van der Waals surface area contributed by atoms with Gasteiger partial charge < -0.3 is 10.2 Å². The lowest BCUT2D eigenvalue weighted by atomic mass is 10.2. The fraction of sp³-hybridized carbons (Fsp3) is 0.909. The van der Waals surface area contributed by atoms with Crippen LogP contribution in [0.3, 0.4) is 0 Å². The highest BCUT2D eigenvalue weighted by atomic mass is 32.2.